The Balaban J connectivity index is 1.45. The average molecular weight is 704 g/mol. The monoisotopic (exact) mass is 703 g/mol. The van der Waals surface area contributed by atoms with Gasteiger partial charge in [0, 0.05) is 23.6 Å². The Morgan fingerprint density at radius 3 is 2.19 bits per heavy atom. The predicted molar refractivity (Wildman–Crippen MR) is 179 cm³/mol. The highest BCUT2D eigenvalue weighted by atomic mass is 32.2. The van der Waals surface area contributed by atoms with Crippen molar-refractivity contribution in [3.63, 3.8) is 0 Å². The second-order valence-corrected chi connectivity index (χ2v) is 18.2. The van der Waals surface area contributed by atoms with Crippen LogP contribution in [0.3, 0.4) is 0 Å². The summed E-state index contributed by atoms with van der Waals surface area (Å²) in [7, 11) is -3.87. The molecule has 4 amide bonds. The van der Waals surface area contributed by atoms with E-state index >= 15 is 0 Å². The van der Waals surface area contributed by atoms with E-state index in [-0.39, 0.29) is 25.3 Å². The van der Waals surface area contributed by atoms with E-state index in [1.165, 1.54) is 16.2 Å². The summed E-state index contributed by atoms with van der Waals surface area (Å²) in [5, 5.41) is 19.5. The van der Waals surface area contributed by atoms with Crippen LogP contribution in [0.4, 0.5) is 4.79 Å². The number of aliphatic hydroxyl groups is 1. The van der Waals surface area contributed by atoms with Gasteiger partial charge in [-0.05, 0) is 56.9 Å². The van der Waals surface area contributed by atoms with E-state index in [1.54, 1.807) is 78.9 Å². The van der Waals surface area contributed by atoms with Gasteiger partial charge in [-0.2, -0.15) is 0 Å². The zero-order valence-corrected chi connectivity index (χ0v) is 30.0. The van der Waals surface area contributed by atoms with Crippen LogP contribution < -0.4 is 15.4 Å². The normalized spacial score (nSPS) is 26.4. The molecule has 1 saturated heterocycles. The molecule has 0 radical (unpaired) electrons. The fourth-order valence-electron chi connectivity index (χ4n) is 6.05. The molecule has 262 valence electrons. The minimum atomic E-state index is -3.87. The first kappa shape index (κ1) is 35.7. The molecule has 48 heavy (non-hydrogen) atoms. The molecule has 5 atom stereocenters. The van der Waals surface area contributed by atoms with Crippen molar-refractivity contribution in [3.05, 3.63) is 41.4 Å². The number of rotatable bonds is 9. The summed E-state index contributed by atoms with van der Waals surface area (Å²) in [6.45, 7) is 11.8. The second kappa shape index (κ2) is 12.4. The van der Waals surface area contributed by atoms with Crippen LogP contribution >= 0.6 is 11.3 Å². The van der Waals surface area contributed by atoms with Gasteiger partial charge in [-0.1, -0.05) is 52.0 Å². The van der Waals surface area contributed by atoms with E-state index in [1.807, 2.05) is 5.38 Å². The van der Waals surface area contributed by atoms with Crippen molar-refractivity contribution in [2.24, 2.45) is 11.3 Å². The van der Waals surface area contributed by atoms with Gasteiger partial charge in [0.25, 0.3) is 5.91 Å². The first-order valence-electron chi connectivity index (χ1n) is 16.1. The van der Waals surface area contributed by atoms with Crippen LogP contribution in [0.5, 0.6) is 0 Å². The number of thiazole rings is 1. The van der Waals surface area contributed by atoms with Gasteiger partial charge in [0.1, 0.15) is 33.8 Å². The average Bonchev–Trinajstić information content (AvgIpc) is 3.83. The number of nitrogens with zero attached hydrogens (tertiary/aromatic N) is 2. The highest BCUT2D eigenvalue weighted by Crippen LogP contribution is 2.45. The number of aromatic nitrogens is 1. The molecule has 1 aromatic carbocycles. The number of hydrogen-bond acceptors (Lipinski definition) is 10. The Kier molecular flexibility index (Phi) is 9.23. The third kappa shape index (κ3) is 7.52. The van der Waals surface area contributed by atoms with Crippen molar-refractivity contribution in [3.8, 4) is 10.6 Å². The number of carbonyl (C=O) groups is 4. The van der Waals surface area contributed by atoms with Crippen LogP contribution in [-0.4, -0.2) is 82.2 Å². The number of nitrogens with one attached hydrogen (secondary N) is 3. The third-order valence-electron chi connectivity index (χ3n) is 9.06. The Morgan fingerprint density at radius 2 is 1.69 bits per heavy atom. The molecule has 1 aromatic heterocycles. The van der Waals surface area contributed by atoms with Gasteiger partial charge >= 0.3 is 6.09 Å². The fourth-order valence-corrected chi connectivity index (χ4v) is 8.06. The van der Waals surface area contributed by atoms with E-state index in [2.05, 4.69) is 20.3 Å². The third-order valence-corrected chi connectivity index (χ3v) is 11.7. The summed E-state index contributed by atoms with van der Waals surface area (Å²) in [4.78, 5) is 60.2. The zero-order valence-electron chi connectivity index (χ0n) is 28.3. The summed E-state index contributed by atoms with van der Waals surface area (Å²) in [6, 6.07) is 4.64. The van der Waals surface area contributed by atoms with Crippen LogP contribution in [-0.2, 0) is 34.7 Å². The topological polar surface area (TPSA) is 184 Å². The maximum absolute atomic E-state index is 14.4. The van der Waals surface area contributed by atoms with Gasteiger partial charge in [-0.15, -0.1) is 11.3 Å². The number of benzene rings is 1. The summed E-state index contributed by atoms with van der Waals surface area (Å²) in [5.41, 5.74) is -3.53. The lowest BCUT2D eigenvalue weighted by molar-refractivity contribution is -0.143. The molecule has 2 aliphatic carbocycles. The number of β-amino-alcohol motifs (C(OH)–C–C–N with tert-alkyl or cyclic N) is 1. The molecule has 3 fully saturated rings. The summed E-state index contributed by atoms with van der Waals surface area (Å²) >= 11 is 1.46. The van der Waals surface area contributed by atoms with E-state index in [0.717, 1.165) is 10.6 Å². The molecule has 0 unspecified atom stereocenters. The molecule has 5 rings (SSSR count). The molecular weight excluding hydrogens is 659 g/mol. The summed E-state index contributed by atoms with van der Waals surface area (Å²) in [6.07, 6.45) is 1.80. The molecule has 1 aliphatic heterocycles. The minimum Gasteiger partial charge on any atom is -0.444 e. The molecule has 0 bridgehead atoms. The number of alkyl carbamates (subject to hydrolysis) is 1. The number of sulfonamides is 1. The molecule has 0 spiro atoms. The van der Waals surface area contributed by atoms with Gasteiger partial charge in [0.05, 0.1) is 11.8 Å². The lowest BCUT2D eigenvalue weighted by Crippen LogP contribution is -2.60. The summed E-state index contributed by atoms with van der Waals surface area (Å²) in [5.74, 6) is -2.53. The van der Waals surface area contributed by atoms with E-state index in [9.17, 15) is 32.7 Å². The SMILES string of the molecule is C[C@@H]1C[C@]1(NC(=O)[C@@H]1C[C@@](O)(c2ccc(-c3nccs3)cc2)CN1C(=O)[C@@H](NC(=O)OC(C)(C)C)C(C)(C)C)C(=O)NS(=O)(=O)C1CC1. The Hall–Kier alpha value is -3.56. The van der Waals surface area contributed by atoms with Crippen molar-refractivity contribution in [2.75, 3.05) is 6.54 Å². The standard InChI is InChI=1S/C33H45N5O8S2/c1-19-16-33(19,28(41)37-48(44,45)22-12-13-22)36-25(39)23-17-32(43,21-10-8-20(9-11-21)26-34-14-15-47-26)18-38(23)27(40)24(30(2,3)4)35-29(42)46-31(5,6)7/h8-11,14-15,19,22-24,43H,12-13,16-18H2,1-7H3,(H,35,42)(H,36,39)(H,37,41)/t19-,23+,24-,32+,33-/m1/s1. The number of amides is 4. The van der Waals surface area contributed by atoms with Gasteiger partial charge in [-0.3, -0.25) is 19.1 Å². The van der Waals surface area contributed by atoms with Crippen LogP contribution in [0.25, 0.3) is 10.6 Å². The maximum Gasteiger partial charge on any atom is 0.408 e. The highest BCUT2D eigenvalue weighted by Gasteiger charge is 2.61. The van der Waals surface area contributed by atoms with Crippen LogP contribution in [0.15, 0.2) is 35.8 Å². The highest BCUT2D eigenvalue weighted by molar-refractivity contribution is 7.91. The minimum absolute atomic E-state index is 0.207. The molecule has 13 nitrogen and oxygen atoms in total. The van der Waals surface area contributed by atoms with E-state index < -0.39 is 73.3 Å². The first-order chi connectivity index (χ1) is 22.2. The largest absolute Gasteiger partial charge is 0.444 e. The van der Waals surface area contributed by atoms with Crippen molar-refractivity contribution < 1.29 is 37.4 Å². The smallest absolute Gasteiger partial charge is 0.408 e. The first-order valence-corrected chi connectivity index (χ1v) is 18.5. The summed E-state index contributed by atoms with van der Waals surface area (Å²) < 4.78 is 32.7. The number of carbonyl (C=O) groups excluding carboxylic acids is 4. The Morgan fingerprint density at radius 1 is 1.06 bits per heavy atom. The molecule has 4 N–H and O–H groups in total. The lowest BCUT2D eigenvalue weighted by atomic mass is 9.85. The molecular formula is C33H45N5O8S2. The number of hydrogen-bond donors (Lipinski definition) is 4. The lowest BCUT2D eigenvalue weighted by Gasteiger charge is -2.36. The van der Waals surface area contributed by atoms with E-state index in [4.69, 9.17) is 4.74 Å². The molecule has 3 aliphatic rings. The Bertz CT molecular complexity index is 1680. The molecule has 2 heterocycles. The maximum atomic E-state index is 14.4. The van der Waals surface area contributed by atoms with Crippen molar-refractivity contribution in [1.82, 2.24) is 25.2 Å². The molecule has 2 aromatic rings. The zero-order chi connectivity index (χ0) is 35.4. The molecule has 2 saturated carbocycles. The Labute approximate surface area is 285 Å². The van der Waals surface area contributed by atoms with Crippen LogP contribution in [0.1, 0.15) is 79.7 Å². The van der Waals surface area contributed by atoms with E-state index in [0.29, 0.717) is 18.4 Å². The fraction of sp³-hybridized carbons (Fsp3) is 0.606. The van der Waals surface area contributed by atoms with Crippen molar-refractivity contribution >= 4 is 45.2 Å². The van der Waals surface area contributed by atoms with Crippen molar-refractivity contribution in [2.45, 2.75) is 108 Å². The van der Waals surface area contributed by atoms with Crippen molar-refractivity contribution in [1.29, 1.82) is 0 Å². The molecule has 15 heteroatoms. The van der Waals surface area contributed by atoms with Crippen LogP contribution in [0, 0.1) is 11.3 Å². The number of ether oxygens (including phenoxy) is 1. The van der Waals surface area contributed by atoms with Gasteiger partial charge in [0.15, 0.2) is 0 Å². The van der Waals surface area contributed by atoms with Gasteiger partial charge in [-0.25, -0.2) is 18.2 Å². The van der Waals surface area contributed by atoms with Crippen LogP contribution in [0.2, 0.25) is 0 Å². The predicted octanol–water partition coefficient (Wildman–Crippen LogP) is 3.04. The van der Waals surface area contributed by atoms with Gasteiger partial charge < -0.3 is 25.4 Å². The number of likely N-dealkylation sites (tertiary alicyclic amines) is 1. The second-order valence-electron chi connectivity index (χ2n) is 15.3. The quantitative estimate of drug-likeness (QED) is 0.305. The van der Waals surface area contributed by atoms with Gasteiger partial charge in [0.2, 0.25) is 21.8 Å².